The number of fused-ring (bicyclic) bond motifs is 1. The van der Waals surface area contributed by atoms with E-state index in [1.807, 2.05) is 26.0 Å². The van der Waals surface area contributed by atoms with Crippen molar-refractivity contribution in [2.24, 2.45) is 0 Å². The molecular formula is C23H17FN2O3. The zero-order chi connectivity index (χ0) is 20.7. The first-order valence-electron chi connectivity index (χ1n) is 9.02. The molecule has 1 heterocycles. The van der Waals surface area contributed by atoms with Crippen molar-refractivity contribution >= 4 is 29.1 Å². The van der Waals surface area contributed by atoms with Gasteiger partial charge >= 0.3 is 0 Å². The highest BCUT2D eigenvalue weighted by Crippen LogP contribution is 2.32. The molecule has 0 radical (unpaired) electrons. The SMILES string of the molecule is Cc1ccc(C)c(N2C(=O)c3ccc(C(=O)Nc4ccc(F)cc4)cc3C2=O)c1. The summed E-state index contributed by atoms with van der Waals surface area (Å²) in [5.41, 5.74) is 3.37. The molecule has 144 valence electrons. The number of imide groups is 1. The van der Waals surface area contributed by atoms with E-state index in [0.29, 0.717) is 11.4 Å². The van der Waals surface area contributed by atoms with Gasteiger partial charge < -0.3 is 5.32 Å². The highest BCUT2D eigenvalue weighted by molar-refractivity contribution is 6.35. The third-order valence-electron chi connectivity index (χ3n) is 4.86. The Morgan fingerprint density at radius 1 is 0.862 bits per heavy atom. The Morgan fingerprint density at radius 2 is 1.55 bits per heavy atom. The molecule has 4 rings (SSSR count). The van der Waals surface area contributed by atoms with Crippen LogP contribution in [0.1, 0.15) is 42.2 Å². The standard InChI is InChI=1S/C23H17FN2O3/c1-13-3-4-14(2)20(11-13)26-22(28)18-10-5-15(12-19(18)23(26)29)21(27)25-17-8-6-16(24)7-9-17/h3-12H,1-2H3,(H,25,27). The summed E-state index contributed by atoms with van der Waals surface area (Å²) in [4.78, 5) is 39.5. The van der Waals surface area contributed by atoms with Gasteiger partial charge in [-0.2, -0.15) is 0 Å². The van der Waals surface area contributed by atoms with Gasteiger partial charge in [-0.05, 0) is 73.5 Å². The molecule has 3 aromatic rings. The van der Waals surface area contributed by atoms with Crippen LogP contribution in [0, 0.1) is 19.7 Å². The van der Waals surface area contributed by atoms with Gasteiger partial charge in [-0.1, -0.05) is 12.1 Å². The summed E-state index contributed by atoms with van der Waals surface area (Å²) < 4.78 is 13.0. The number of carbonyl (C=O) groups excluding carboxylic acids is 3. The number of nitrogens with zero attached hydrogens (tertiary/aromatic N) is 1. The molecule has 0 spiro atoms. The average Bonchev–Trinajstić information content (AvgIpc) is 2.95. The molecule has 29 heavy (non-hydrogen) atoms. The van der Waals surface area contributed by atoms with Crippen molar-refractivity contribution in [3.05, 3.63) is 94.3 Å². The van der Waals surface area contributed by atoms with Crippen molar-refractivity contribution < 1.29 is 18.8 Å². The minimum atomic E-state index is -0.463. The molecule has 0 saturated carbocycles. The fraction of sp³-hybridized carbons (Fsp3) is 0.0870. The minimum absolute atomic E-state index is 0.183. The monoisotopic (exact) mass is 388 g/mol. The van der Waals surface area contributed by atoms with Crippen LogP contribution in [0.3, 0.4) is 0 Å². The predicted octanol–water partition coefficient (Wildman–Crippen LogP) is 4.50. The summed E-state index contributed by atoms with van der Waals surface area (Å²) in [6.45, 7) is 3.72. The smallest absolute Gasteiger partial charge is 0.266 e. The van der Waals surface area contributed by atoms with E-state index in [-0.39, 0.29) is 16.7 Å². The molecular weight excluding hydrogens is 371 g/mol. The number of anilines is 2. The fourth-order valence-corrected chi connectivity index (χ4v) is 3.30. The van der Waals surface area contributed by atoms with Crippen LogP contribution in [0.2, 0.25) is 0 Å². The molecule has 6 heteroatoms. The number of rotatable bonds is 3. The minimum Gasteiger partial charge on any atom is -0.322 e. The van der Waals surface area contributed by atoms with Gasteiger partial charge in [0.25, 0.3) is 17.7 Å². The molecule has 5 nitrogen and oxygen atoms in total. The van der Waals surface area contributed by atoms with Gasteiger partial charge in [-0.3, -0.25) is 14.4 Å². The van der Waals surface area contributed by atoms with Gasteiger partial charge in [0, 0.05) is 11.3 Å². The van der Waals surface area contributed by atoms with Gasteiger partial charge in [0.05, 0.1) is 16.8 Å². The van der Waals surface area contributed by atoms with Crippen LogP contribution < -0.4 is 10.2 Å². The molecule has 1 aliphatic rings. The van der Waals surface area contributed by atoms with Gasteiger partial charge in [0.2, 0.25) is 0 Å². The van der Waals surface area contributed by atoms with Crippen molar-refractivity contribution in [2.45, 2.75) is 13.8 Å². The molecule has 0 aliphatic carbocycles. The van der Waals surface area contributed by atoms with Crippen molar-refractivity contribution in [3.63, 3.8) is 0 Å². The third kappa shape index (κ3) is 3.29. The zero-order valence-electron chi connectivity index (χ0n) is 15.8. The lowest BCUT2D eigenvalue weighted by Crippen LogP contribution is -2.30. The number of aryl methyl sites for hydroxylation is 2. The lowest BCUT2D eigenvalue weighted by atomic mass is 10.1. The van der Waals surface area contributed by atoms with Gasteiger partial charge in [-0.25, -0.2) is 9.29 Å². The molecule has 0 aromatic heterocycles. The second-order valence-electron chi connectivity index (χ2n) is 6.96. The van der Waals surface area contributed by atoms with Gasteiger partial charge in [0.15, 0.2) is 0 Å². The number of halogens is 1. The number of hydrogen-bond donors (Lipinski definition) is 1. The summed E-state index contributed by atoms with van der Waals surface area (Å²) >= 11 is 0. The summed E-state index contributed by atoms with van der Waals surface area (Å²) in [5, 5.41) is 2.65. The first-order valence-corrected chi connectivity index (χ1v) is 9.02. The lowest BCUT2D eigenvalue weighted by molar-refractivity contribution is 0.0925. The lowest BCUT2D eigenvalue weighted by Gasteiger charge is -2.17. The maximum absolute atomic E-state index is 13.0. The van der Waals surface area contributed by atoms with Crippen molar-refractivity contribution in [1.82, 2.24) is 0 Å². The maximum atomic E-state index is 13.0. The van der Waals surface area contributed by atoms with Crippen molar-refractivity contribution in [3.8, 4) is 0 Å². The van der Waals surface area contributed by atoms with Crippen LogP contribution in [0.25, 0.3) is 0 Å². The summed E-state index contributed by atoms with van der Waals surface area (Å²) in [6, 6.07) is 15.3. The van der Waals surface area contributed by atoms with Crippen molar-refractivity contribution in [1.29, 1.82) is 0 Å². The summed E-state index contributed by atoms with van der Waals surface area (Å²) in [5.74, 6) is -1.74. The van der Waals surface area contributed by atoms with E-state index in [1.165, 1.54) is 42.5 Å². The molecule has 3 amide bonds. The normalized spacial score (nSPS) is 12.9. The largest absolute Gasteiger partial charge is 0.322 e. The Morgan fingerprint density at radius 3 is 2.28 bits per heavy atom. The first kappa shape index (κ1) is 18.6. The number of hydrogen-bond acceptors (Lipinski definition) is 3. The Hall–Kier alpha value is -3.80. The molecule has 1 aliphatic heterocycles. The Kier molecular flexibility index (Phi) is 4.47. The highest BCUT2D eigenvalue weighted by atomic mass is 19.1. The molecule has 3 aromatic carbocycles. The quantitative estimate of drug-likeness (QED) is 0.672. The van der Waals surface area contributed by atoms with E-state index >= 15 is 0 Å². The van der Waals surface area contributed by atoms with E-state index in [0.717, 1.165) is 16.0 Å². The van der Waals surface area contributed by atoms with E-state index in [4.69, 9.17) is 0 Å². The molecule has 0 atom stereocenters. The second-order valence-corrected chi connectivity index (χ2v) is 6.96. The van der Waals surface area contributed by atoms with Crippen LogP contribution in [0.5, 0.6) is 0 Å². The molecule has 0 fully saturated rings. The van der Waals surface area contributed by atoms with E-state index in [1.54, 1.807) is 6.07 Å². The van der Waals surface area contributed by atoms with Crippen LogP contribution in [-0.4, -0.2) is 17.7 Å². The average molecular weight is 388 g/mol. The fourth-order valence-electron chi connectivity index (χ4n) is 3.30. The molecule has 0 saturated heterocycles. The first-order chi connectivity index (χ1) is 13.8. The topological polar surface area (TPSA) is 66.5 Å². The molecule has 0 unspecified atom stereocenters. The van der Waals surface area contributed by atoms with E-state index in [2.05, 4.69) is 5.32 Å². The van der Waals surface area contributed by atoms with E-state index in [9.17, 15) is 18.8 Å². The van der Waals surface area contributed by atoms with Crippen LogP contribution >= 0.6 is 0 Å². The second kappa shape index (κ2) is 6.98. The third-order valence-corrected chi connectivity index (χ3v) is 4.86. The number of benzene rings is 3. The van der Waals surface area contributed by atoms with Crippen molar-refractivity contribution in [2.75, 3.05) is 10.2 Å². The maximum Gasteiger partial charge on any atom is 0.266 e. The molecule has 1 N–H and O–H groups in total. The summed E-state index contributed by atoms with van der Waals surface area (Å²) in [6.07, 6.45) is 0. The van der Waals surface area contributed by atoms with Gasteiger partial charge in [0.1, 0.15) is 5.82 Å². The molecule has 0 bridgehead atoms. The number of carbonyl (C=O) groups is 3. The number of amides is 3. The van der Waals surface area contributed by atoms with Crippen LogP contribution in [0.15, 0.2) is 60.7 Å². The Bertz CT molecular complexity index is 1170. The predicted molar refractivity (Wildman–Crippen MR) is 108 cm³/mol. The highest BCUT2D eigenvalue weighted by Gasteiger charge is 2.37. The Balaban J connectivity index is 1.65. The van der Waals surface area contributed by atoms with Gasteiger partial charge in [-0.15, -0.1) is 0 Å². The zero-order valence-corrected chi connectivity index (χ0v) is 15.8. The van der Waals surface area contributed by atoms with E-state index < -0.39 is 23.5 Å². The number of nitrogens with one attached hydrogen (secondary N) is 1. The Labute approximate surface area is 166 Å². The van der Waals surface area contributed by atoms with Crippen LogP contribution in [-0.2, 0) is 0 Å². The van der Waals surface area contributed by atoms with Crippen LogP contribution in [0.4, 0.5) is 15.8 Å². The summed E-state index contributed by atoms with van der Waals surface area (Å²) in [7, 11) is 0.